The van der Waals surface area contributed by atoms with Crippen molar-refractivity contribution < 1.29 is 9.32 Å². The Labute approximate surface area is 91.2 Å². The van der Waals surface area contributed by atoms with E-state index in [0.717, 1.165) is 0 Å². The highest BCUT2D eigenvalue weighted by atomic mass is 16.5. The summed E-state index contributed by atoms with van der Waals surface area (Å²) in [6.07, 6.45) is 1.63. The van der Waals surface area contributed by atoms with Gasteiger partial charge in [-0.25, -0.2) is 0 Å². The fraction of sp³-hybridized carbons (Fsp3) is 0.222. The molecule has 0 aromatic carbocycles. The number of nitrogens with one attached hydrogen (secondary N) is 1. The molecule has 7 nitrogen and oxygen atoms in total. The molecule has 0 saturated carbocycles. The van der Waals surface area contributed by atoms with Crippen LogP contribution in [0, 0.1) is 6.92 Å². The molecular formula is C9H11N5O2. The number of rotatable bonds is 3. The third kappa shape index (κ3) is 2.38. The van der Waals surface area contributed by atoms with Crippen LogP contribution in [0.2, 0.25) is 0 Å². The Kier molecular flexibility index (Phi) is 2.59. The first kappa shape index (κ1) is 10.2. The van der Waals surface area contributed by atoms with Crippen molar-refractivity contribution in [2.24, 2.45) is 0 Å². The van der Waals surface area contributed by atoms with E-state index in [1.54, 1.807) is 25.3 Å². The number of nitrogens with zero attached hydrogens (tertiary/aromatic N) is 3. The van der Waals surface area contributed by atoms with Crippen LogP contribution in [0.1, 0.15) is 5.69 Å². The molecule has 7 heteroatoms. The van der Waals surface area contributed by atoms with Gasteiger partial charge in [0.2, 0.25) is 11.8 Å². The third-order valence-electron chi connectivity index (χ3n) is 1.86. The highest BCUT2D eigenvalue weighted by Crippen LogP contribution is 2.08. The standard InChI is InChI=1S/C9H11N5O2/c1-6-4-9(16-13-6)11-8(15)5-14-3-2-7(10)12-14/h2-4H,5H2,1H3,(H2,10,12)(H,11,15). The van der Waals surface area contributed by atoms with Crippen LogP contribution in [0.3, 0.4) is 0 Å². The zero-order valence-corrected chi connectivity index (χ0v) is 8.67. The lowest BCUT2D eigenvalue weighted by Crippen LogP contribution is -2.18. The summed E-state index contributed by atoms with van der Waals surface area (Å²) in [5.41, 5.74) is 6.13. The van der Waals surface area contributed by atoms with Crippen molar-refractivity contribution in [3.8, 4) is 0 Å². The summed E-state index contributed by atoms with van der Waals surface area (Å²) in [4.78, 5) is 11.5. The topological polar surface area (TPSA) is 99.0 Å². The van der Waals surface area contributed by atoms with Crippen LogP contribution in [0.5, 0.6) is 0 Å². The summed E-state index contributed by atoms with van der Waals surface area (Å²) in [7, 11) is 0. The fourth-order valence-corrected chi connectivity index (χ4v) is 1.21. The monoisotopic (exact) mass is 221 g/mol. The van der Waals surface area contributed by atoms with E-state index in [2.05, 4.69) is 15.6 Å². The minimum Gasteiger partial charge on any atom is -0.382 e. The molecule has 0 aliphatic carbocycles. The van der Waals surface area contributed by atoms with E-state index in [1.807, 2.05) is 0 Å². The van der Waals surface area contributed by atoms with Crippen LogP contribution in [0.15, 0.2) is 22.9 Å². The maximum Gasteiger partial charge on any atom is 0.248 e. The number of aromatic nitrogens is 3. The summed E-state index contributed by atoms with van der Waals surface area (Å²) in [6, 6.07) is 3.25. The lowest BCUT2D eigenvalue weighted by Gasteiger charge is -2.00. The Bertz CT molecular complexity index is 457. The zero-order chi connectivity index (χ0) is 11.5. The zero-order valence-electron chi connectivity index (χ0n) is 8.67. The van der Waals surface area contributed by atoms with Crippen LogP contribution in [0.4, 0.5) is 11.7 Å². The molecule has 0 fully saturated rings. The predicted molar refractivity (Wildman–Crippen MR) is 56.5 cm³/mol. The van der Waals surface area contributed by atoms with E-state index in [-0.39, 0.29) is 12.5 Å². The van der Waals surface area contributed by atoms with Gasteiger partial charge in [-0.2, -0.15) is 5.10 Å². The average molecular weight is 221 g/mol. The predicted octanol–water partition coefficient (Wildman–Crippen LogP) is 0.400. The Balaban J connectivity index is 1.94. The van der Waals surface area contributed by atoms with Gasteiger partial charge < -0.3 is 10.3 Å². The molecule has 0 unspecified atom stereocenters. The van der Waals surface area contributed by atoms with Crippen molar-refractivity contribution in [3.63, 3.8) is 0 Å². The summed E-state index contributed by atoms with van der Waals surface area (Å²) in [5.74, 6) is 0.449. The van der Waals surface area contributed by atoms with Crippen LogP contribution < -0.4 is 11.1 Å². The molecule has 0 aliphatic rings. The first-order chi connectivity index (χ1) is 7.63. The van der Waals surface area contributed by atoms with E-state index in [0.29, 0.717) is 17.4 Å². The van der Waals surface area contributed by atoms with Gasteiger partial charge in [0.25, 0.3) is 0 Å². The number of amides is 1. The number of nitrogens with two attached hydrogens (primary N) is 1. The van der Waals surface area contributed by atoms with Gasteiger partial charge in [0.15, 0.2) is 0 Å². The Morgan fingerprint density at radius 3 is 3.06 bits per heavy atom. The highest BCUT2D eigenvalue weighted by Gasteiger charge is 2.07. The molecule has 2 aromatic heterocycles. The SMILES string of the molecule is Cc1cc(NC(=O)Cn2ccc(N)n2)on1. The number of carbonyl (C=O) groups excluding carboxylic acids is 1. The Morgan fingerprint density at radius 1 is 1.69 bits per heavy atom. The van der Waals surface area contributed by atoms with Crippen LogP contribution in [0.25, 0.3) is 0 Å². The molecule has 16 heavy (non-hydrogen) atoms. The van der Waals surface area contributed by atoms with Crippen LogP contribution in [-0.2, 0) is 11.3 Å². The summed E-state index contributed by atoms with van der Waals surface area (Å²) < 4.78 is 6.28. The number of carbonyl (C=O) groups is 1. The lowest BCUT2D eigenvalue weighted by molar-refractivity contribution is -0.117. The maximum atomic E-state index is 11.5. The van der Waals surface area contributed by atoms with Crippen molar-refractivity contribution in [1.29, 1.82) is 0 Å². The lowest BCUT2D eigenvalue weighted by atomic mass is 10.4. The second-order valence-electron chi connectivity index (χ2n) is 3.32. The molecule has 0 spiro atoms. The highest BCUT2D eigenvalue weighted by molar-refractivity contribution is 5.89. The van der Waals surface area contributed by atoms with Gasteiger partial charge in [-0.05, 0) is 13.0 Å². The van der Waals surface area contributed by atoms with Crippen molar-refractivity contribution in [2.75, 3.05) is 11.1 Å². The molecule has 2 rings (SSSR count). The fourth-order valence-electron chi connectivity index (χ4n) is 1.21. The van der Waals surface area contributed by atoms with E-state index >= 15 is 0 Å². The molecule has 2 aromatic rings. The first-order valence-electron chi connectivity index (χ1n) is 4.65. The van der Waals surface area contributed by atoms with Gasteiger partial charge in [-0.15, -0.1) is 0 Å². The van der Waals surface area contributed by atoms with Gasteiger partial charge in [0, 0.05) is 12.3 Å². The largest absolute Gasteiger partial charge is 0.382 e. The molecule has 3 N–H and O–H groups in total. The molecule has 84 valence electrons. The van der Waals surface area contributed by atoms with Crippen molar-refractivity contribution in [1.82, 2.24) is 14.9 Å². The summed E-state index contributed by atoms with van der Waals surface area (Å²) in [6.45, 7) is 1.85. The minimum absolute atomic E-state index is 0.0803. The number of aryl methyl sites for hydroxylation is 1. The van der Waals surface area contributed by atoms with Gasteiger partial charge in [0.1, 0.15) is 12.4 Å². The van der Waals surface area contributed by atoms with E-state index < -0.39 is 0 Å². The molecule has 0 atom stereocenters. The molecule has 0 saturated heterocycles. The average Bonchev–Trinajstić information content (AvgIpc) is 2.76. The first-order valence-corrected chi connectivity index (χ1v) is 4.65. The van der Waals surface area contributed by atoms with Crippen molar-refractivity contribution >= 4 is 17.6 Å². The van der Waals surface area contributed by atoms with Gasteiger partial charge in [-0.1, -0.05) is 5.16 Å². The van der Waals surface area contributed by atoms with Gasteiger partial charge in [-0.3, -0.25) is 14.8 Å². The Hall–Kier alpha value is -2.31. The molecule has 0 aliphatic heterocycles. The van der Waals surface area contributed by atoms with Crippen LogP contribution in [-0.4, -0.2) is 20.8 Å². The van der Waals surface area contributed by atoms with Crippen molar-refractivity contribution in [2.45, 2.75) is 13.5 Å². The normalized spacial score (nSPS) is 10.3. The molecular weight excluding hydrogens is 210 g/mol. The molecule has 0 radical (unpaired) electrons. The van der Waals surface area contributed by atoms with E-state index in [1.165, 1.54) is 4.68 Å². The van der Waals surface area contributed by atoms with E-state index in [4.69, 9.17) is 10.3 Å². The van der Waals surface area contributed by atoms with Crippen LogP contribution >= 0.6 is 0 Å². The second kappa shape index (κ2) is 4.05. The quantitative estimate of drug-likeness (QED) is 0.781. The Morgan fingerprint density at radius 2 is 2.50 bits per heavy atom. The number of anilines is 2. The summed E-state index contributed by atoms with van der Waals surface area (Å²) in [5, 5.41) is 10.1. The number of hydrogen-bond acceptors (Lipinski definition) is 5. The minimum atomic E-state index is -0.251. The molecule has 1 amide bonds. The second-order valence-corrected chi connectivity index (χ2v) is 3.32. The maximum absolute atomic E-state index is 11.5. The summed E-state index contributed by atoms with van der Waals surface area (Å²) >= 11 is 0. The number of hydrogen-bond donors (Lipinski definition) is 2. The van der Waals surface area contributed by atoms with Gasteiger partial charge in [0.05, 0.1) is 5.69 Å². The van der Waals surface area contributed by atoms with Gasteiger partial charge >= 0.3 is 0 Å². The third-order valence-corrected chi connectivity index (χ3v) is 1.86. The number of nitrogen functional groups attached to an aromatic ring is 1. The molecule has 2 heterocycles. The smallest absolute Gasteiger partial charge is 0.248 e. The van der Waals surface area contributed by atoms with Crippen molar-refractivity contribution in [3.05, 3.63) is 24.0 Å². The molecule has 0 bridgehead atoms. The van der Waals surface area contributed by atoms with E-state index in [9.17, 15) is 4.79 Å².